The molecule has 94 valence electrons. The van der Waals surface area contributed by atoms with E-state index >= 15 is 0 Å². The molecule has 2 heterocycles. The lowest BCUT2D eigenvalue weighted by atomic mass is 10.2. The number of thiophene rings is 2. The fourth-order valence-electron chi connectivity index (χ4n) is 1.50. The topological polar surface area (TPSA) is 66.4 Å². The Kier molecular flexibility index (Phi) is 4.11. The minimum atomic E-state index is -1.05. The van der Waals surface area contributed by atoms with Crippen LogP contribution < -0.4 is 5.32 Å². The molecule has 0 aliphatic heterocycles. The van der Waals surface area contributed by atoms with Crippen LogP contribution in [0, 0.1) is 0 Å². The summed E-state index contributed by atoms with van der Waals surface area (Å²) in [7, 11) is 0. The second-order valence-electron chi connectivity index (χ2n) is 3.66. The zero-order valence-corrected chi connectivity index (χ0v) is 11.0. The normalized spacial score (nSPS) is 12.0. The van der Waals surface area contributed by atoms with Crippen LogP contribution in [0.2, 0.25) is 0 Å². The van der Waals surface area contributed by atoms with E-state index in [0.29, 0.717) is 4.88 Å². The second kappa shape index (κ2) is 5.79. The molecule has 0 saturated heterocycles. The molecule has 18 heavy (non-hydrogen) atoms. The van der Waals surface area contributed by atoms with Gasteiger partial charge in [-0.1, -0.05) is 6.07 Å². The summed E-state index contributed by atoms with van der Waals surface area (Å²) >= 11 is 2.83. The lowest BCUT2D eigenvalue weighted by molar-refractivity contribution is -0.141. The molecule has 2 N–H and O–H groups in total. The van der Waals surface area contributed by atoms with Crippen molar-refractivity contribution in [3.8, 4) is 0 Å². The van der Waals surface area contributed by atoms with E-state index in [1.807, 2.05) is 16.8 Å². The molecule has 1 amide bonds. The molecule has 0 fully saturated rings. The number of rotatable bonds is 5. The summed E-state index contributed by atoms with van der Waals surface area (Å²) in [6, 6.07) is 4.36. The number of carboxylic acids is 1. The van der Waals surface area contributed by atoms with Crippen molar-refractivity contribution in [3.63, 3.8) is 0 Å². The molecule has 0 bridgehead atoms. The first-order valence-electron chi connectivity index (χ1n) is 5.23. The molecule has 0 saturated carbocycles. The van der Waals surface area contributed by atoms with Crippen LogP contribution in [0.5, 0.6) is 0 Å². The van der Waals surface area contributed by atoms with Crippen molar-refractivity contribution in [2.75, 3.05) is 0 Å². The van der Waals surface area contributed by atoms with Crippen molar-refractivity contribution in [2.45, 2.75) is 12.5 Å². The number of nitrogens with one attached hydrogen (secondary N) is 1. The van der Waals surface area contributed by atoms with Crippen LogP contribution in [0.1, 0.15) is 16.5 Å². The van der Waals surface area contributed by atoms with Crippen LogP contribution >= 0.6 is 22.7 Å². The van der Waals surface area contributed by atoms with Crippen molar-refractivity contribution in [1.82, 2.24) is 5.32 Å². The van der Waals surface area contributed by atoms with Crippen LogP contribution in [0.3, 0.4) is 0 Å². The maximum Gasteiger partial charge on any atom is 0.331 e. The van der Waals surface area contributed by atoms with Crippen molar-refractivity contribution in [1.29, 1.82) is 0 Å². The molecule has 6 heteroatoms. The molecule has 2 rings (SSSR count). The molecule has 1 unspecified atom stereocenters. The Balaban J connectivity index is 2.01. The maximum atomic E-state index is 11.8. The Morgan fingerprint density at radius 2 is 2.17 bits per heavy atom. The fourth-order valence-corrected chi connectivity index (χ4v) is 2.94. The van der Waals surface area contributed by atoms with E-state index in [1.54, 1.807) is 17.5 Å². The molecular formula is C12H11NO3S2. The van der Waals surface area contributed by atoms with E-state index in [9.17, 15) is 9.59 Å². The van der Waals surface area contributed by atoms with Gasteiger partial charge in [-0.3, -0.25) is 4.79 Å². The Morgan fingerprint density at radius 1 is 1.33 bits per heavy atom. The minimum absolute atomic E-state index is 0.207. The molecule has 2 aromatic rings. The van der Waals surface area contributed by atoms with Crippen LogP contribution in [-0.2, 0) is 16.0 Å². The number of carbonyl (C=O) groups is 2. The van der Waals surface area contributed by atoms with Gasteiger partial charge in [0.1, 0.15) is 0 Å². The van der Waals surface area contributed by atoms with Crippen molar-refractivity contribution >= 4 is 34.6 Å². The highest BCUT2D eigenvalue weighted by Crippen LogP contribution is 2.19. The first kappa shape index (κ1) is 12.8. The van der Waals surface area contributed by atoms with Crippen molar-refractivity contribution in [2.24, 2.45) is 0 Å². The summed E-state index contributed by atoms with van der Waals surface area (Å²) in [6.45, 7) is 0. The first-order chi connectivity index (χ1) is 8.66. The predicted molar refractivity (Wildman–Crippen MR) is 70.9 cm³/mol. The van der Waals surface area contributed by atoms with Crippen molar-refractivity contribution < 1.29 is 14.7 Å². The Bertz CT molecular complexity index is 520. The average molecular weight is 281 g/mol. The van der Waals surface area contributed by atoms with Gasteiger partial charge in [0, 0.05) is 4.88 Å². The smallest absolute Gasteiger partial charge is 0.331 e. The van der Waals surface area contributed by atoms with Gasteiger partial charge in [-0.25, -0.2) is 4.79 Å². The van der Waals surface area contributed by atoms with Gasteiger partial charge in [0.2, 0.25) is 5.91 Å². The van der Waals surface area contributed by atoms with Gasteiger partial charge in [-0.15, -0.1) is 11.3 Å². The fraction of sp³-hybridized carbons (Fsp3) is 0.167. The minimum Gasteiger partial charge on any atom is -0.479 e. The molecule has 0 aromatic carbocycles. The summed E-state index contributed by atoms with van der Waals surface area (Å²) < 4.78 is 0. The van der Waals surface area contributed by atoms with E-state index < -0.39 is 12.0 Å². The predicted octanol–water partition coefficient (Wildman–Crippen LogP) is 2.29. The molecule has 0 aliphatic rings. The number of aliphatic carboxylic acids is 1. The van der Waals surface area contributed by atoms with Crippen LogP contribution in [0.15, 0.2) is 34.3 Å². The number of hydrogen-bond acceptors (Lipinski definition) is 4. The molecule has 0 aliphatic carbocycles. The summed E-state index contributed by atoms with van der Waals surface area (Å²) in [4.78, 5) is 23.5. The van der Waals surface area contributed by atoms with Gasteiger partial charge < -0.3 is 10.4 Å². The van der Waals surface area contributed by atoms with Gasteiger partial charge in [-0.05, 0) is 33.8 Å². The quantitative estimate of drug-likeness (QED) is 0.883. The summed E-state index contributed by atoms with van der Waals surface area (Å²) in [5.41, 5.74) is 0.896. The SMILES string of the molecule is O=C(Cc1ccsc1)NC(C(=O)O)c1cccs1. The van der Waals surface area contributed by atoms with Gasteiger partial charge in [-0.2, -0.15) is 11.3 Å². The van der Waals surface area contributed by atoms with E-state index in [2.05, 4.69) is 5.32 Å². The molecule has 0 spiro atoms. The van der Waals surface area contributed by atoms with E-state index in [1.165, 1.54) is 22.7 Å². The van der Waals surface area contributed by atoms with Gasteiger partial charge in [0.05, 0.1) is 6.42 Å². The van der Waals surface area contributed by atoms with E-state index in [4.69, 9.17) is 5.11 Å². The highest BCUT2D eigenvalue weighted by atomic mass is 32.1. The first-order valence-corrected chi connectivity index (χ1v) is 7.05. The molecular weight excluding hydrogens is 270 g/mol. The van der Waals surface area contributed by atoms with Crippen LogP contribution in [-0.4, -0.2) is 17.0 Å². The molecule has 4 nitrogen and oxygen atoms in total. The third kappa shape index (κ3) is 3.18. The van der Waals surface area contributed by atoms with E-state index in [-0.39, 0.29) is 12.3 Å². The van der Waals surface area contributed by atoms with E-state index in [0.717, 1.165) is 5.56 Å². The maximum absolute atomic E-state index is 11.8. The zero-order valence-electron chi connectivity index (χ0n) is 9.33. The van der Waals surface area contributed by atoms with Gasteiger partial charge in [0.15, 0.2) is 6.04 Å². The summed E-state index contributed by atoms with van der Waals surface area (Å²) in [6.07, 6.45) is 0.207. The lowest BCUT2D eigenvalue weighted by Crippen LogP contribution is -2.34. The molecule has 0 radical (unpaired) electrons. The standard InChI is InChI=1S/C12H11NO3S2/c14-10(6-8-3-5-17-7-8)13-11(12(15)16)9-2-1-4-18-9/h1-5,7,11H,6H2,(H,13,14)(H,15,16). The van der Waals surface area contributed by atoms with Crippen molar-refractivity contribution in [3.05, 3.63) is 44.8 Å². The highest BCUT2D eigenvalue weighted by Gasteiger charge is 2.22. The third-order valence-electron chi connectivity index (χ3n) is 2.32. The largest absolute Gasteiger partial charge is 0.479 e. The van der Waals surface area contributed by atoms with Crippen LogP contribution in [0.4, 0.5) is 0 Å². The number of carbonyl (C=O) groups excluding carboxylic acids is 1. The number of carboxylic acid groups (broad SMARTS) is 1. The van der Waals surface area contributed by atoms with Gasteiger partial charge >= 0.3 is 5.97 Å². The summed E-state index contributed by atoms with van der Waals surface area (Å²) in [5, 5.41) is 17.2. The Labute approximate surface area is 112 Å². The summed E-state index contributed by atoms with van der Waals surface area (Å²) in [5.74, 6) is -1.33. The molecule has 1 atom stereocenters. The molecule has 2 aromatic heterocycles. The van der Waals surface area contributed by atoms with Crippen LogP contribution in [0.25, 0.3) is 0 Å². The Hall–Kier alpha value is -1.66. The second-order valence-corrected chi connectivity index (χ2v) is 5.42. The monoisotopic (exact) mass is 281 g/mol. The lowest BCUT2D eigenvalue weighted by Gasteiger charge is -2.12. The average Bonchev–Trinajstić information content (AvgIpc) is 2.97. The number of hydrogen-bond donors (Lipinski definition) is 2. The Morgan fingerprint density at radius 3 is 2.72 bits per heavy atom. The van der Waals surface area contributed by atoms with Gasteiger partial charge in [0.25, 0.3) is 0 Å². The number of amides is 1. The zero-order chi connectivity index (χ0) is 13.0. The third-order valence-corrected chi connectivity index (χ3v) is 3.99. The highest BCUT2D eigenvalue weighted by molar-refractivity contribution is 7.10.